The molecule has 0 aromatic heterocycles. The van der Waals surface area contributed by atoms with E-state index >= 15 is 0 Å². The minimum atomic E-state index is -1.05. The number of hydrogen-bond donors (Lipinski definition) is 4. The van der Waals surface area contributed by atoms with Gasteiger partial charge in [-0.1, -0.05) is 6.92 Å². The fourth-order valence-corrected chi connectivity index (χ4v) is 5.97. The molecule has 0 aromatic carbocycles. The van der Waals surface area contributed by atoms with E-state index in [9.17, 15) is 19.8 Å². The highest BCUT2D eigenvalue weighted by Gasteiger charge is 2.60. The molecule has 0 bridgehead atoms. The number of carboxylic acid groups (broad SMARTS) is 1. The maximum absolute atomic E-state index is 12.4. The minimum Gasteiger partial charge on any atom is -0.477 e. The first-order chi connectivity index (χ1) is 12.3. The molecular weight excluding hydrogens is 354 g/mol. The minimum absolute atomic E-state index is 0.0568. The molecular formula is C18H29N3O4S. The van der Waals surface area contributed by atoms with Gasteiger partial charge in [0.1, 0.15) is 5.70 Å². The molecule has 3 aliphatic heterocycles. The zero-order valence-electron chi connectivity index (χ0n) is 15.7. The maximum atomic E-state index is 12.4. The fraction of sp³-hybridized carbons (Fsp3) is 0.778. The lowest BCUT2D eigenvalue weighted by molar-refractivity contribution is -0.163. The summed E-state index contributed by atoms with van der Waals surface area (Å²) in [7, 11) is 1.95. The average Bonchev–Trinajstić information content (AvgIpc) is 3.09. The van der Waals surface area contributed by atoms with Crippen molar-refractivity contribution in [2.45, 2.75) is 63.1 Å². The van der Waals surface area contributed by atoms with E-state index in [0.717, 1.165) is 24.3 Å². The summed E-state index contributed by atoms with van der Waals surface area (Å²) in [6.07, 6.45) is 1.26. The van der Waals surface area contributed by atoms with E-state index in [4.69, 9.17) is 0 Å². The number of carboxylic acids is 1. The Morgan fingerprint density at radius 1 is 1.46 bits per heavy atom. The molecule has 26 heavy (non-hydrogen) atoms. The Bertz CT molecular complexity index is 624. The molecule has 3 aliphatic rings. The summed E-state index contributed by atoms with van der Waals surface area (Å²) < 4.78 is 0. The second-order valence-corrected chi connectivity index (χ2v) is 9.12. The summed E-state index contributed by atoms with van der Waals surface area (Å²) in [6, 6.07) is 0.622. The van der Waals surface area contributed by atoms with Crippen LogP contribution in [0, 0.1) is 11.8 Å². The van der Waals surface area contributed by atoms with Crippen molar-refractivity contribution < 1.29 is 19.8 Å². The monoisotopic (exact) mass is 383 g/mol. The molecule has 7 nitrogen and oxygen atoms in total. The van der Waals surface area contributed by atoms with Crippen LogP contribution >= 0.6 is 11.8 Å². The number of β-lactam (4-membered cyclic amide) rings is 1. The van der Waals surface area contributed by atoms with Gasteiger partial charge < -0.3 is 25.7 Å². The highest BCUT2D eigenvalue weighted by Crippen LogP contribution is 2.51. The maximum Gasteiger partial charge on any atom is 0.353 e. The Labute approximate surface area is 158 Å². The summed E-state index contributed by atoms with van der Waals surface area (Å²) in [5.74, 6) is -1.87. The van der Waals surface area contributed by atoms with Gasteiger partial charge in [-0.25, -0.2) is 4.79 Å². The Balaban J connectivity index is 1.73. The smallest absolute Gasteiger partial charge is 0.353 e. The largest absolute Gasteiger partial charge is 0.477 e. The lowest BCUT2D eigenvalue weighted by Crippen LogP contribution is -2.63. The van der Waals surface area contributed by atoms with E-state index < -0.39 is 18.0 Å². The van der Waals surface area contributed by atoms with Crippen molar-refractivity contribution in [3.8, 4) is 0 Å². The van der Waals surface area contributed by atoms with E-state index in [0.29, 0.717) is 17.3 Å². The molecule has 1 amide bonds. The summed E-state index contributed by atoms with van der Waals surface area (Å²) in [5, 5.41) is 26.7. The number of fused-ring (bicyclic) bond motifs is 1. The number of aliphatic hydroxyl groups excluding tert-OH is 1. The van der Waals surface area contributed by atoms with Crippen LogP contribution in [0.4, 0.5) is 0 Å². The van der Waals surface area contributed by atoms with Gasteiger partial charge >= 0.3 is 5.97 Å². The number of nitrogens with zero attached hydrogens (tertiary/aromatic N) is 1. The molecule has 4 N–H and O–H groups in total. The average molecular weight is 384 g/mol. The van der Waals surface area contributed by atoms with Crippen molar-refractivity contribution in [2.24, 2.45) is 11.8 Å². The molecule has 8 heteroatoms. The first-order valence-electron chi connectivity index (χ1n) is 9.32. The van der Waals surface area contributed by atoms with Crippen molar-refractivity contribution in [1.29, 1.82) is 0 Å². The van der Waals surface area contributed by atoms with Crippen LogP contribution in [0.1, 0.15) is 33.6 Å². The summed E-state index contributed by atoms with van der Waals surface area (Å²) in [6.45, 7) is 6.57. The third-order valence-corrected chi connectivity index (χ3v) is 7.43. The summed E-state index contributed by atoms with van der Waals surface area (Å²) in [4.78, 5) is 26.4. The molecule has 0 radical (unpaired) electrons. The van der Waals surface area contributed by atoms with E-state index in [2.05, 4.69) is 17.6 Å². The Hall–Kier alpha value is -1.09. The Kier molecular flexibility index (Phi) is 5.67. The van der Waals surface area contributed by atoms with Crippen LogP contribution in [0.2, 0.25) is 0 Å². The van der Waals surface area contributed by atoms with E-state index in [1.54, 1.807) is 18.7 Å². The van der Waals surface area contributed by atoms with Crippen LogP contribution in [0.15, 0.2) is 10.6 Å². The Morgan fingerprint density at radius 3 is 2.73 bits per heavy atom. The summed E-state index contributed by atoms with van der Waals surface area (Å²) >= 11 is 1.60. The van der Waals surface area contributed by atoms with Gasteiger partial charge in [0.05, 0.1) is 18.1 Å². The van der Waals surface area contributed by atoms with Gasteiger partial charge in [0.25, 0.3) is 0 Å². The zero-order valence-corrected chi connectivity index (χ0v) is 16.5. The van der Waals surface area contributed by atoms with Crippen molar-refractivity contribution in [1.82, 2.24) is 15.5 Å². The molecule has 7 atom stereocenters. The van der Waals surface area contributed by atoms with Crippen molar-refractivity contribution in [2.75, 3.05) is 13.6 Å². The highest BCUT2D eigenvalue weighted by atomic mass is 32.2. The SMILES string of the molecule is CN[C@H](C)CC1C[C@H](SC2=C(C(=O)O)N3C(=O)[C@H]([C@@H](C)O)[C@H]3[C@H]2C)CN1. The molecule has 1 unspecified atom stereocenters. The van der Waals surface area contributed by atoms with Gasteiger partial charge in [-0.15, -0.1) is 11.8 Å². The third kappa shape index (κ3) is 3.28. The number of aliphatic carboxylic acids is 1. The van der Waals surface area contributed by atoms with Gasteiger partial charge in [-0.05, 0) is 33.7 Å². The molecule has 0 saturated carbocycles. The van der Waals surface area contributed by atoms with E-state index in [1.165, 1.54) is 4.90 Å². The molecule has 0 aliphatic carbocycles. The second-order valence-electron chi connectivity index (χ2n) is 7.78. The lowest BCUT2D eigenvalue weighted by Gasteiger charge is -2.46. The van der Waals surface area contributed by atoms with Crippen molar-refractivity contribution in [3.63, 3.8) is 0 Å². The standard InChI is InChI=1S/C18H29N3O4S/c1-8(19-4)5-11-6-12(7-20-11)26-16-9(2)14-13(10(3)22)17(23)21(14)15(16)18(24)25/h8-14,19-20,22H,5-7H2,1-4H3,(H,24,25)/t8-,9-,10-,11?,12+,13-,14-/m1/s1. The van der Waals surface area contributed by atoms with Crippen LogP contribution in [0.5, 0.6) is 0 Å². The predicted octanol–water partition coefficient (Wildman–Crippen LogP) is 0.602. The lowest BCUT2D eigenvalue weighted by atomic mass is 9.79. The number of carbonyl (C=O) groups excluding carboxylic acids is 1. The third-order valence-electron chi connectivity index (χ3n) is 5.92. The number of hydrogen-bond acceptors (Lipinski definition) is 6. The zero-order chi connectivity index (χ0) is 19.2. The van der Waals surface area contributed by atoms with Crippen LogP contribution in [-0.2, 0) is 9.59 Å². The number of aliphatic hydroxyl groups is 1. The Morgan fingerprint density at radius 2 is 2.15 bits per heavy atom. The fourth-order valence-electron chi connectivity index (χ4n) is 4.45. The van der Waals surface area contributed by atoms with Crippen LogP contribution < -0.4 is 10.6 Å². The van der Waals surface area contributed by atoms with Crippen molar-refractivity contribution in [3.05, 3.63) is 10.6 Å². The van der Waals surface area contributed by atoms with Crippen LogP contribution in [0.25, 0.3) is 0 Å². The number of rotatable bonds is 7. The molecule has 2 fully saturated rings. The van der Waals surface area contributed by atoms with Crippen LogP contribution in [0.3, 0.4) is 0 Å². The number of thioether (sulfide) groups is 1. The van der Waals surface area contributed by atoms with Gasteiger partial charge in [0.2, 0.25) is 5.91 Å². The van der Waals surface area contributed by atoms with E-state index in [1.807, 2.05) is 14.0 Å². The quantitative estimate of drug-likeness (QED) is 0.478. The second kappa shape index (κ2) is 7.50. The van der Waals surface area contributed by atoms with E-state index in [-0.39, 0.29) is 23.6 Å². The predicted molar refractivity (Wildman–Crippen MR) is 101 cm³/mol. The first kappa shape index (κ1) is 19.7. The highest BCUT2D eigenvalue weighted by molar-refractivity contribution is 8.03. The van der Waals surface area contributed by atoms with Crippen molar-refractivity contribution >= 4 is 23.6 Å². The van der Waals surface area contributed by atoms with Crippen LogP contribution in [-0.4, -0.2) is 70.1 Å². The van der Waals surface area contributed by atoms with Gasteiger partial charge in [-0.3, -0.25) is 4.79 Å². The molecule has 0 aromatic rings. The molecule has 146 valence electrons. The van der Waals surface area contributed by atoms with Gasteiger partial charge in [0, 0.05) is 34.7 Å². The van der Waals surface area contributed by atoms with Gasteiger partial charge in [0.15, 0.2) is 0 Å². The van der Waals surface area contributed by atoms with Gasteiger partial charge in [-0.2, -0.15) is 0 Å². The summed E-state index contributed by atoms with van der Waals surface area (Å²) in [5.41, 5.74) is 0.126. The number of carbonyl (C=O) groups is 2. The molecule has 3 heterocycles. The number of nitrogens with one attached hydrogen (secondary N) is 2. The molecule has 2 saturated heterocycles. The normalized spacial score (nSPS) is 36.1. The number of amides is 1. The molecule has 0 spiro atoms. The molecule has 3 rings (SSSR count). The topological polar surface area (TPSA) is 102 Å². The first-order valence-corrected chi connectivity index (χ1v) is 10.2.